The second-order valence-corrected chi connectivity index (χ2v) is 7.79. The number of aromatic amines is 1. The molecule has 164 valence electrons. The molecule has 3 rings (SSSR count). The second kappa shape index (κ2) is 9.09. The number of piperidine rings is 1. The van der Waals surface area contributed by atoms with Crippen LogP contribution < -0.4 is 20.3 Å². The van der Waals surface area contributed by atoms with Crippen LogP contribution in [0, 0.1) is 0 Å². The zero-order valence-electron chi connectivity index (χ0n) is 17.0. The van der Waals surface area contributed by atoms with Crippen LogP contribution in [0.2, 0.25) is 0 Å². The van der Waals surface area contributed by atoms with Gasteiger partial charge >= 0.3 is 12.7 Å². The average molecular weight is 425 g/mol. The van der Waals surface area contributed by atoms with Gasteiger partial charge < -0.3 is 25.0 Å². The predicted octanol–water partition coefficient (Wildman–Crippen LogP) is 3.04. The lowest BCUT2D eigenvalue weighted by Gasteiger charge is -2.33. The van der Waals surface area contributed by atoms with Crippen molar-refractivity contribution < 1.29 is 23.0 Å². The molecular formula is C18H25F2N7O3. The summed E-state index contributed by atoms with van der Waals surface area (Å²) in [6, 6.07) is 1.33. The molecule has 1 amide bonds. The Bertz CT molecular complexity index is 848. The number of alkyl carbamates (subject to hydrolysis) is 1. The number of ether oxygens (including phenoxy) is 2. The first-order valence-electron chi connectivity index (χ1n) is 9.52. The number of hydrogen-bond donors (Lipinski definition) is 3. The SMILES string of the molecule is CC(C)(C)OC(=O)NC1CCN(c2cncc(Nc3cc(OC(F)F)[nH]n3)n2)CC1. The van der Waals surface area contributed by atoms with Crippen LogP contribution in [0.5, 0.6) is 5.88 Å². The predicted molar refractivity (Wildman–Crippen MR) is 105 cm³/mol. The number of rotatable bonds is 6. The van der Waals surface area contributed by atoms with Gasteiger partial charge in [-0.25, -0.2) is 14.9 Å². The summed E-state index contributed by atoms with van der Waals surface area (Å²) in [6.45, 7) is 3.91. The Morgan fingerprint density at radius 2 is 2.00 bits per heavy atom. The van der Waals surface area contributed by atoms with E-state index in [1.807, 2.05) is 20.8 Å². The fourth-order valence-electron chi connectivity index (χ4n) is 2.95. The molecule has 0 atom stereocenters. The number of carbonyl (C=O) groups is 1. The van der Waals surface area contributed by atoms with Crippen molar-refractivity contribution in [3.8, 4) is 5.88 Å². The number of alkyl halides is 2. The molecule has 1 aliphatic heterocycles. The molecule has 0 radical (unpaired) electrons. The van der Waals surface area contributed by atoms with Gasteiger partial charge in [-0.1, -0.05) is 0 Å². The molecule has 1 aliphatic rings. The highest BCUT2D eigenvalue weighted by Gasteiger charge is 2.24. The van der Waals surface area contributed by atoms with E-state index in [-0.39, 0.29) is 17.7 Å². The van der Waals surface area contributed by atoms with Crippen LogP contribution in [0.25, 0.3) is 0 Å². The van der Waals surface area contributed by atoms with E-state index >= 15 is 0 Å². The number of anilines is 3. The van der Waals surface area contributed by atoms with E-state index in [0.717, 1.165) is 12.8 Å². The molecule has 10 nitrogen and oxygen atoms in total. The number of carbonyl (C=O) groups excluding carboxylic acids is 1. The van der Waals surface area contributed by atoms with Crippen molar-refractivity contribution in [2.45, 2.75) is 51.9 Å². The van der Waals surface area contributed by atoms with Crippen molar-refractivity contribution >= 4 is 23.5 Å². The Morgan fingerprint density at radius 3 is 2.67 bits per heavy atom. The van der Waals surface area contributed by atoms with Gasteiger partial charge in [-0.3, -0.25) is 4.98 Å². The zero-order valence-corrected chi connectivity index (χ0v) is 17.0. The first kappa shape index (κ1) is 21.5. The standard InChI is InChI=1S/C18H25F2N7O3/c1-18(2,3)30-17(28)22-11-4-6-27(7-5-11)14-10-21-9-13(24-14)23-12-8-15(26-25-12)29-16(19)20/h8-11,16H,4-7H2,1-3H3,(H,22,28)(H2,23,24,25,26). The molecule has 12 heteroatoms. The van der Waals surface area contributed by atoms with E-state index in [2.05, 4.69) is 40.4 Å². The number of hydrogen-bond acceptors (Lipinski definition) is 8. The quantitative estimate of drug-likeness (QED) is 0.647. The molecule has 0 saturated carbocycles. The van der Waals surface area contributed by atoms with E-state index in [1.54, 1.807) is 6.20 Å². The normalized spacial score (nSPS) is 15.2. The van der Waals surface area contributed by atoms with Crippen LogP contribution >= 0.6 is 0 Å². The molecule has 0 unspecified atom stereocenters. The first-order valence-corrected chi connectivity index (χ1v) is 9.52. The summed E-state index contributed by atoms with van der Waals surface area (Å²) >= 11 is 0. The Labute approximate surface area is 172 Å². The van der Waals surface area contributed by atoms with Crippen LogP contribution in [-0.2, 0) is 4.74 Å². The fraction of sp³-hybridized carbons (Fsp3) is 0.556. The molecular weight excluding hydrogens is 400 g/mol. The molecule has 1 saturated heterocycles. The molecule has 0 bridgehead atoms. The third-order valence-corrected chi connectivity index (χ3v) is 4.19. The summed E-state index contributed by atoms with van der Waals surface area (Å²) in [7, 11) is 0. The molecule has 30 heavy (non-hydrogen) atoms. The molecule has 1 fully saturated rings. The maximum atomic E-state index is 12.2. The molecule has 2 aromatic heterocycles. The van der Waals surface area contributed by atoms with Gasteiger partial charge in [-0.2, -0.15) is 13.9 Å². The lowest BCUT2D eigenvalue weighted by molar-refractivity contribution is -0.0528. The second-order valence-electron chi connectivity index (χ2n) is 7.79. The van der Waals surface area contributed by atoms with Gasteiger partial charge in [0.1, 0.15) is 11.4 Å². The summed E-state index contributed by atoms with van der Waals surface area (Å²) in [5.41, 5.74) is -0.533. The maximum Gasteiger partial charge on any atom is 0.407 e. The van der Waals surface area contributed by atoms with Gasteiger partial charge in [0.2, 0.25) is 5.88 Å². The van der Waals surface area contributed by atoms with Crippen molar-refractivity contribution in [1.29, 1.82) is 0 Å². The zero-order chi connectivity index (χ0) is 21.7. The van der Waals surface area contributed by atoms with Crippen molar-refractivity contribution in [2.24, 2.45) is 0 Å². The van der Waals surface area contributed by atoms with Crippen LogP contribution in [0.3, 0.4) is 0 Å². The number of nitrogens with one attached hydrogen (secondary N) is 3. The smallest absolute Gasteiger partial charge is 0.407 e. The number of aromatic nitrogens is 4. The largest absolute Gasteiger partial charge is 0.444 e. The third kappa shape index (κ3) is 6.42. The first-order chi connectivity index (χ1) is 14.2. The summed E-state index contributed by atoms with van der Waals surface area (Å²) in [5, 5.41) is 12.0. The highest BCUT2D eigenvalue weighted by molar-refractivity contribution is 5.68. The van der Waals surface area contributed by atoms with Crippen LogP contribution in [-0.4, -0.2) is 57.6 Å². The molecule has 3 heterocycles. The minimum Gasteiger partial charge on any atom is -0.444 e. The van der Waals surface area contributed by atoms with Crippen LogP contribution in [0.4, 0.5) is 31.0 Å². The summed E-state index contributed by atoms with van der Waals surface area (Å²) < 4.78 is 34.0. The Hall–Kier alpha value is -3.18. The van der Waals surface area contributed by atoms with E-state index in [9.17, 15) is 13.6 Å². The lowest BCUT2D eigenvalue weighted by Crippen LogP contribution is -2.46. The molecule has 3 N–H and O–H groups in total. The summed E-state index contributed by atoms with van der Waals surface area (Å²) in [5.74, 6) is 1.19. The van der Waals surface area contributed by atoms with Gasteiger partial charge in [0.25, 0.3) is 0 Å². The number of halogens is 2. The number of H-pyrrole nitrogens is 1. The monoisotopic (exact) mass is 425 g/mol. The van der Waals surface area contributed by atoms with Gasteiger partial charge in [-0.15, -0.1) is 0 Å². The van der Waals surface area contributed by atoms with E-state index in [1.165, 1.54) is 12.3 Å². The Morgan fingerprint density at radius 1 is 1.27 bits per heavy atom. The van der Waals surface area contributed by atoms with Gasteiger partial charge in [0.05, 0.1) is 12.4 Å². The highest BCUT2D eigenvalue weighted by Crippen LogP contribution is 2.22. The van der Waals surface area contributed by atoms with Crippen molar-refractivity contribution in [3.05, 3.63) is 18.5 Å². The molecule has 0 aromatic carbocycles. The Balaban J connectivity index is 1.53. The van der Waals surface area contributed by atoms with Gasteiger partial charge in [-0.05, 0) is 33.6 Å². The number of amides is 1. The minimum atomic E-state index is -2.94. The van der Waals surface area contributed by atoms with E-state index < -0.39 is 18.3 Å². The molecule has 2 aromatic rings. The van der Waals surface area contributed by atoms with Crippen molar-refractivity contribution in [2.75, 3.05) is 23.3 Å². The average Bonchev–Trinajstić information content (AvgIpc) is 3.07. The van der Waals surface area contributed by atoms with E-state index in [0.29, 0.717) is 24.7 Å². The minimum absolute atomic E-state index is 0.0303. The van der Waals surface area contributed by atoms with E-state index in [4.69, 9.17) is 4.74 Å². The van der Waals surface area contributed by atoms with Crippen LogP contribution in [0.1, 0.15) is 33.6 Å². The van der Waals surface area contributed by atoms with Crippen molar-refractivity contribution in [1.82, 2.24) is 25.5 Å². The number of nitrogens with zero attached hydrogens (tertiary/aromatic N) is 4. The third-order valence-electron chi connectivity index (χ3n) is 4.19. The topological polar surface area (TPSA) is 117 Å². The summed E-state index contributed by atoms with van der Waals surface area (Å²) in [6.07, 6.45) is 4.21. The van der Waals surface area contributed by atoms with Gasteiger partial charge in [0.15, 0.2) is 11.6 Å². The van der Waals surface area contributed by atoms with Crippen molar-refractivity contribution in [3.63, 3.8) is 0 Å². The van der Waals surface area contributed by atoms with Crippen LogP contribution in [0.15, 0.2) is 18.5 Å². The fourth-order valence-corrected chi connectivity index (χ4v) is 2.95. The molecule has 0 spiro atoms. The maximum absolute atomic E-state index is 12.2. The van der Waals surface area contributed by atoms with Gasteiger partial charge in [0, 0.05) is 25.2 Å². The summed E-state index contributed by atoms with van der Waals surface area (Å²) in [4.78, 5) is 22.6. The lowest BCUT2D eigenvalue weighted by atomic mass is 10.1. The molecule has 0 aliphatic carbocycles. The highest BCUT2D eigenvalue weighted by atomic mass is 19.3. The Kier molecular flexibility index (Phi) is 6.53.